The van der Waals surface area contributed by atoms with Crippen LogP contribution in [0.3, 0.4) is 0 Å². The Kier molecular flexibility index (Phi) is 3.06. The summed E-state index contributed by atoms with van der Waals surface area (Å²) in [5, 5.41) is 0.520. The molecule has 2 rings (SSSR count). The van der Waals surface area contributed by atoms with E-state index in [0.717, 1.165) is 6.42 Å². The van der Waals surface area contributed by atoms with E-state index in [-0.39, 0.29) is 5.54 Å². The summed E-state index contributed by atoms with van der Waals surface area (Å²) < 4.78 is 13.6. The molecular weight excluding hydrogens is 229 g/mol. The van der Waals surface area contributed by atoms with Crippen molar-refractivity contribution in [3.05, 3.63) is 0 Å². The lowest BCUT2D eigenvalue weighted by Crippen LogP contribution is -2.47. The molecule has 90 valence electrons. The number of halogens is 1. The monoisotopic (exact) mass is 251 g/mol. The van der Waals surface area contributed by atoms with Crippen LogP contribution >= 0.6 is 19.9 Å². The van der Waals surface area contributed by atoms with Crippen LogP contribution in [-0.2, 0) is 0 Å². The molecular formula is C11H22FNS2. The molecule has 0 aromatic rings. The van der Waals surface area contributed by atoms with Gasteiger partial charge in [-0.05, 0) is 32.8 Å². The summed E-state index contributed by atoms with van der Waals surface area (Å²) in [6, 6.07) is 0. The average molecular weight is 251 g/mol. The van der Waals surface area contributed by atoms with E-state index in [1.807, 2.05) is 0 Å². The van der Waals surface area contributed by atoms with Crippen molar-refractivity contribution in [1.82, 2.24) is 4.90 Å². The SMILES string of the molecule is CC(C)(C)N1C[C@H](F)C[C@H]1S1(C)CCS1. The predicted octanol–water partition coefficient (Wildman–Crippen LogP) is 3.25. The maximum absolute atomic E-state index is 13.6. The van der Waals surface area contributed by atoms with Crippen LogP contribution < -0.4 is 0 Å². The molecule has 0 bridgehead atoms. The molecule has 0 aliphatic carbocycles. The summed E-state index contributed by atoms with van der Waals surface area (Å²) >= 11 is 0. The van der Waals surface area contributed by atoms with E-state index in [1.165, 1.54) is 11.5 Å². The number of likely N-dealkylation sites (tertiary alicyclic amines) is 1. The molecule has 0 aromatic heterocycles. The van der Waals surface area contributed by atoms with Crippen molar-refractivity contribution in [2.45, 2.75) is 44.3 Å². The summed E-state index contributed by atoms with van der Waals surface area (Å²) in [6.07, 6.45) is 2.57. The minimum atomic E-state index is -0.597. The largest absolute Gasteiger partial charge is 0.284 e. The molecule has 0 radical (unpaired) electrons. The van der Waals surface area contributed by atoms with Crippen molar-refractivity contribution in [2.24, 2.45) is 0 Å². The van der Waals surface area contributed by atoms with Crippen LogP contribution in [0.1, 0.15) is 27.2 Å². The zero-order chi connectivity index (χ0) is 11.3. The lowest BCUT2D eigenvalue weighted by atomic mass is 10.1. The Morgan fingerprint density at radius 1 is 1.40 bits per heavy atom. The third-order valence-electron chi connectivity index (χ3n) is 3.48. The smallest absolute Gasteiger partial charge is 0.115 e. The maximum Gasteiger partial charge on any atom is 0.115 e. The fourth-order valence-corrected chi connectivity index (χ4v) is 8.27. The van der Waals surface area contributed by atoms with E-state index in [2.05, 4.69) is 42.7 Å². The van der Waals surface area contributed by atoms with Gasteiger partial charge in [0.1, 0.15) is 6.17 Å². The van der Waals surface area contributed by atoms with Crippen molar-refractivity contribution < 1.29 is 4.39 Å². The zero-order valence-corrected chi connectivity index (χ0v) is 11.8. The molecule has 2 aliphatic rings. The normalized spacial score (nSPS) is 47.3. The summed E-state index contributed by atoms with van der Waals surface area (Å²) in [6.45, 7) is 7.29. The average Bonchev–Trinajstić information content (AvgIpc) is 2.42. The first-order chi connectivity index (χ1) is 6.83. The Morgan fingerprint density at radius 2 is 2.00 bits per heavy atom. The highest BCUT2D eigenvalue weighted by Gasteiger charge is 2.48. The van der Waals surface area contributed by atoms with Gasteiger partial charge in [0, 0.05) is 24.3 Å². The van der Waals surface area contributed by atoms with Crippen LogP contribution in [-0.4, -0.2) is 46.3 Å². The molecule has 2 aliphatic heterocycles. The first kappa shape index (κ1) is 12.1. The summed E-state index contributed by atoms with van der Waals surface area (Å²) in [4.78, 5) is 2.42. The van der Waals surface area contributed by atoms with Crippen molar-refractivity contribution in [2.75, 3.05) is 24.3 Å². The molecule has 15 heavy (non-hydrogen) atoms. The Labute approximate surface area is 97.9 Å². The van der Waals surface area contributed by atoms with Gasteiger partial charge < -0.3 is 0 Å². The molecule has 4 heteroatoms. The van der Waals surface area contributed by atoms with Crippen LogP contribution in [0.15, 0.2) is 0 Å². The van der Waals surface area contributed by atoms with Crippen molar-refractivity contribution in [3.8, 4) is 0 Å². The Morgan fingerprint density at radius 3 is 2.40 bits per heavy atom. The molecule has 2 saturated heterocycles. The molecule has 0 aromatic carbocycles. The van der Waals surface area contributed by atoms with Crippen molar-refractivity contribution >= 4 is 19.9 Å². The first-order valence-electron chi connectivity index (χ1n) is 5.63. The van der Waals surface area contributed by atoms with Crippen molar-refractivity contribution in [3.63, 3.8) is 0 Å². The Bertz CT molecular complexity index is 247. The van der Waals surface area contributed by atoms with E-state index in [1.54, 1.807) is 0 Å². The molecule has 1 unspecified atom stereocenters. The highest BCUT2D eigenvalue weighted by molar-refractivity contribution is 8.96. The molecule has 1 nitrogen and oxygen atoms in total. The third kappa shape index (κ3) is 2.18. The second kappa shape index (κ2) is 3.81. The molecule has 3 atom stereocenters. The minimum absolute atomic E-state index is 0.123. The van der Waals surface area contributed by atoms with Gasteiger partial charge >= 0.3 is 0 Å². The molecule has 2 fully saturated rings. The van der Waals surface area contributed by atoms with Gasteiger partial charge in [-0.2, -0.15) is 9.06 Å². The fourth-order valence-electron chi connectivity index (χ4n) is 2.49. The number of hydrogen-bond acceptors (Lipinski definition) is 2. The van der Waals surface area contributed by atoms with Gasteiger partial charge in [-0.25, -0.2) is 4.39 Å². The van der Waals surface area contributed by atoms with Gasteiger partial charge in [-0.15, -0.1) is 10.8 Å². The third-order valence-corrected chi connectivity index (χ3v) is 10.5. The van der Waals surface area contributed by atoms with Crippen LogP contribution in [0.5, 0.6) is 0 Å². The van der Waals surface area contributed by atoms with Gasteiger partial charge in [0.15, 0.2) is 0 Å². The lowest BCUT2D eigenvalue weighted by Gasteiger charge is -2.53. The number of rotatable bonds is 1. The van der Waals surface area contributed by atoms with E-state index in [4.69, 9.17) is 0 Å². The summed E-state index contributed by atoms with van der Waals surface area (Å²) in [5.41, 5.74) is 0.123. The van der Waals surface area contributed by atoms with Gasteiger partial charge in [0.25, 0.3) is 0 Å². The number of nitrogens with zero attached hydrogens (tertiary/aromatic N) is 1. The lowest BCUT2D eigenvalue weighted by molar-refractivity contribution is 0.148. The van der Waals surface area contributed by atoms with E-state index in [0.29, 0.717) is 11.9 Å². The Balaban J connectivity index is 2.15. The molecule has 0 amide bonds. The van der Waals surface area contributed by atoms with Gasteiger partial charge in [-0.1, -0.05) is 0 Å². The van der Waals surface area contributed by atoms with Crippen LogP contribution in [0.4, 0.5) is 4.39 Å². The Hall–Kier alpha value is 0.590. The first-order valence-corrected chi connectivity index (χ1v) is 9.40. The molecule has 2 heterocycles. The highest BCUT2D eigenvalue weighted by atomic mass is 33.2. The second-order valence-corrected chi connectivity index (χ2v) is 12.4. The molecule has 0 spiro atoms. The van der Waals surface area contributed by atoms with Gasteiger partial charge in [0.05, 0.1) is 5.37 Å². The van der Waals surface area contributed by atoms with Crippen molar-refractivity contribution in [1.29, 1.82) is 0 Å². The van der Waals surface area contributed by atoms with Gasteiger partial charge in [-0.3, -0.25) is 4.90 Å². The number of alkyl halides is 1. The second-order valence-electron chi connectivity index (χ2n) is 5.71. The standard InChI is InChI=1S/C11H22FNS2/c1-11(2,3)13-8-9(12)7-10(13)15(4)6-5-14-15/h9-10H,5-8H2,1-4H3/t9-,10-/m1/s1. The maximum atomic E-state index is 13.6. The van der Waals surface area contributed by atoms with Crippen LogP contribution in [0.25, 0.3) is 0 Å². The number of hydrogen-bond donors (Lipinski definition) is 0. The van der Waals surface area contributed by atoms with E-state index < -0.39 is 15.2 Å². The zero-order valence-electron chi connectivity index (χ0n) is 10.1. The predicted molar refractivity (Wildman–Crippen MR) is 70.6 cm³/mol. The topological polar surface area (TPSA) is 3.24 Å². The molecule has 0 N–H and O–H groups in total. The van der Waals surface area contributed by atoms with Gasteiger partial charge in [0.2, 0.25) is 0 Å². The fraction of sp³-hybridized carbons (Fsp3) is 1.00. The van der Waals surface area contributed by atoms with Crippen LogP contribution in [0, 0.1) is 0 Å². The minimum Gasteiger partial charge on any atom is -0.284 e. The highest BCUT2D eigenvalue weighted by Crippen LogP contribution is 2.71. The summed E-state index contributed by atoms with van der Waals surface area (Å²) in [7, 11) is 1.52. The van der Waals surface area contributed by atoms with E-state index in [9.17, 15) is 4.39 Å². The quantitative estimate of drug-likeness (QED) is 0.658. The summed E-state index contributed by atoms with van der Waals surface area (Å²) in [5.74, 6) is 2.62. The van der Waals surface area contributed by atoms with E-state index >= 15 is 0 Å². The molecule has 0 saturated carbocycles. The van der Waals surface area contributed by atoms with Crippen LogP contribution in [0.2, 0.25) is 0 Å².